The van der Waals surface area contributed by atoms with Crippen molar-refractivity contribution in [1.29, 1.82) is 0 Å². The summed E-state index contributed by atoms with van der Waals surface area (Å²) in [5.41, 5.74) is -0.0769. The van der Waals surface area contributed by atoms with Crippen molar-refractivity contribution in [2.24, 2.45) is 5.92 Å². The number of amides is 1. The van der Waals surface area contributed by atoms with E-state index < -0.39 is 0 Å². The minimum Gasteiger partial charge on any atom is -0.350 e. The number of nitrogens with one attached hydrogen (secondary N) is 2. The van der Waals surface area contributed by atoms with Crippen LogP contribution < -0.4 is 10.6 Å². The minimum atomic E-state index is -0.0769. The summed E-state index contributed by atoms with van der Waals surface area (Å²) in [7, 11) is 0. The highest BCUT2D eigenvalue weighted by atomic mass is 16.2. The molecule has 0 bridgehead atoms. The first-order chi connectivity index (χ1) is 6.98. The second-order valence-corrected chi connectivity index (χ2v) is 5.18. The molecule has 3 heteroatoms. The molecule has 0 saturated heterocycles. The van der Waals surface area contributed by atoms with Crippen molar-refractivity contribution in [3.63, 3.8) is 0 Å². The SMILES string of the molecule is CCC1CC1NCC(=O)NC(C)(C)CC. The first kappa shape index (κ1) is 12.5. The summed E-state index contributed by atoms with van der Waals surface area (Å²) in [5.74, 6) is 0.917. The van der Waals surface area contributed by atoms with Crippen LogP contribution in [0.1, 0.15) is 47.0 Å². The Hall–Kier alpha value is -0.570. The standard InChI is InChI=1S/C12H24N2O/c1-5-9-7-10(9)13-8-11(15)14-12(3,4)6-2/h9-10,13H,5-8H2,1-4H3,(H,14,15). The average Bonchev–Trinajstić information content (AvgIpc) is 2.93. The van der Waals surface area contributed by atoms with Crippen LogP contribution in [0, 0.1) is 5.92 Å². The Bertz CT molecular complexity index is 226. The van der Waals surface area contributed by atoms with Crippen LogP contribution in [0.4, 0.5) is 0 Å². The molecule has 1 aliphatic rings. The lowest BCUT2D eigenvalue weighted by Gasteiger charge is -2.24. The Kier molecular flexibility index (Phi) is 4.14. The van der Waals surface area contributed by atoms with Gasteiger partial charge < -0.3 is 10.6 Å². The van der Waals surface area contributed by atoms with Crippen molar-refractivity contribution >= 4 is 5.91 Å². The highest BCUT2D eigenvalue weighted by Gasteiger charge is 2.35. The Labute approximate surface area is 93.0 Å². The van der Waals surface area contributed by atoms with Crippen molar-refractivity contribution in [2.45, 2.75) is 58.5 Å². The maximum atomic E-state index is 11.6. The predicted molar refractivity (Wildman–Crippen MR) is 62.7 cm³/mol. The van der Waals surface area contributed by atoms with E-state index in [0.29, 0.717) is 12.6 Å². The fourth-order valence-corrected chi connectivity index (χ4v) is 1.68. The van der Waals surface area contributed by atoms with Gasteiger partial charge in [0.25, 0.3) is 0 Å². The summed E-state index contributed by atoms with van der Waals surface area (Å²) in [6.07, 6.45) is 3.42. The molecule has 1 saturated carbocycles. The lowest BCUT2D eigenvalue weighted by atomic mass is 10.0. The van der Waals surface area contributed by atoms with Gasteiger partial charge in [-0.15, -0.1) is 0 Å². The molecule has 88 valence electrons. The highest BCUT2D eigenvalue weighted by Crippen LogP contribution is 2.32. The Morgan fingerprint density at radius 1 is 1.40 bits per heavy atom. The van der Waals surface area contributed by atoms with Gasteiger partial charge in [-0.05, 0) is 32.6 Å². The summed E-state index contributed by atoms with van der Waals surface area (Å²) in [6.45, 7) is 8.85. The maximum absolute atomic E-state index is 11.6. The average molecular weight is 212 g/mol. The van der Waals surface area contributed by atoms with Crippen molar-refractivity contribution in [3.8, 4) is 0 Å². The van der Waals surface area contributed by atoms with Gasteiger partial charge >= 0.3 is 0 Å². The van der Waals surface area contributed by atoms with E-state index >= 15 is 0 Å². The van der Waals surface area contributed by atoms with Gasteiger partial charge in [-0.1, -0.05) is 20.3 Å². The maximum Gasteiger partial charge on any atom is 0.234 e. The van der Waals surface area contributed by atoms with Gasteiger partial charge in [-0.2, -0.15) is 0 Å². The van der Waals surface area contributed by atoms with Gasteiger partial charge in [-0.3, -0.25) is 4.79 Å². The molecule has 2 atom stereocenters. The summed E-state index contributed by atoms with van der Waals surface area (Å²) < 4.78 is 0. The molecule has 1 aliphatic carbocycles. The van der Waals surface area contributed by atoms with Crippen LogP contribution in [0.25, 0.3) is 0 Å². The zero-order valence-corrected chi connectivity index (χ0v) is 10.4. The van der Waals surface area contributed by atoms with Gasteiger partial charge in [0.15, 0.2) is 0 Å². The topological polar surface area (TPSA) is 41.1 Å². The van der Waals surface area contributed by atoms with Gasteiger partial charge in [0.2, 0.25) is 5.91 Å². The van der Waals surface area contributed by atoms with E-state index in [2.05, 4.69) is 38.3 Å². The van der Waals surface area contributed by atoms with E-state index in [-0.39, 0.29) is 11.4 Å². The first-order valence-corrected chi connectivity index (χ1v) is 6.03. The molecule has 0 heterocycles. The number of hydrogen-bond donors (Lipinski definition) is 2. The molecule has 0 aromatic heterocycles. The van der Waals surface area contributed by atoms with Crippen molar-refractivity contribution < 1.29 is 4.79 Å². The third kappa shape index (κ3) is 4.20. The van der Waals surface area contributed by atoms with Gasteiger partial charge in [0.1, 0.15) is 0 Å². The van der Waals surface area contributed by atoms with E-state index in [0.717, 1.165) is 12.3 Å². The molecule has 0 aromatic rings. The third-order valence-corrected chi connectivity index (χ3v) is 3.33. The van der Waals surface area contributed by atoms with Crippen molar-refractivity contribution in [2.75, 3.05) is 6.54 Å². The lowest BCUT2D eigenvalue weighted by molar-refractivity contribution is -0.121. The van der Waals surface area contributed by atoms with Gasteiger partial charge in [0.05, 0.1) is 6.54 Å². The molecule has 0 spiro atoms. The monoisotopic (exact) mass is 212 g/mol. The quantitative estimate of drug-likeness (QED) is 0.703. The summed E-state index contributed by atoms with van der Waals surface area (Å²) >= 11 is 0. The molecule has 1 rings (SSSR count). The molecule has 0 aliphatic heterocycles. The highest BCUT2D eigenvalue weighted by molar-refractivity contribution is 5.78. The Balaban J connectivity index is 2.14. The first-order valence-electron chi connectivity index (χ1n) is 6.03. The molecule has 1 amide bonds. The molecular weight excluding hydrogens is 188 g/mol. The van der Waals surface area contributed by atoms with E-state index in [1.165, 1.54) is 12.8 Å². The van der Waals surface area contributed by atoms with Crippen LogP contribution in [0.15, 0.2) is 0 Å². The van der Waals surface area contributed by atoms with Crippen LogP contribution in [-0.4, -0.2) is 24.0 Å². The molecular formula is C12H24N2O. The molecule has 2 unspecified atom stereocenters. The molecule has 0 aromatic carbocycles. The van der Waals surface area contributed by atoms with E-state index in [4.69, 9.17) is 0 Å². The van der Waals surface area contributed by atoms with Crippen LogP contribution in [-0.2, 0) is 4.79 Å². The minimum absolute atomic E-state index is 0.0769. The molecule has 15 heavy (non-hydrogen) atoms. The largest absolute Gasteiger partial charge is 0.350 e. The number of rotatable bonds is 6. The summed E-state index contributed by atoms with van der Waals surface area (Å²) in [5, 5.41) is 6.31. The second kappa shape index (κ2) is 4.97. The van der Waals surface area contributed by atoms with Crippen LogP contribution in [0.5, 0.6) is 0 Å². The van der Waals surface area contributed by atoms with Gasteiger partial charge in [0, 0.05) is 11.6 Å². The van der Waals surface area contributed by atoms with Crippen molar-refractivity contribution in [3.05, 3.63) is 0 Å². The molecule has 1 fully saturated rings. The zero-order valence-electron chi connectivity index (χ0n) is 10.4. The predicted octanol–water partition coefficient (Wildman–Crippen LogP) is 1.68. The van der Waals surface area contributed by atoms with Crippen LogP contribution in [0.2, 0.25) is 0 Å². The lowest BCUT2D eigenvalue weighted by Crippen LogP contribution is -2.46. The summed E-state index contributed by atoms with van der Waals surface area (Å²) in [6, 6.07) is 0.588. The van der Waals surface area contributed by atoms with E-state index in [1.54, 1.807) is 0 Å². The number of carbonyl (C=O) groups excluding carboxylic acids is 1. The molecule has 0 radical (unpaired) electrons. The fourth-order valence-electron chi connectivity index (χ4n) is 1.68. The zero-order chi connectivity index (χ0) is 11.5. The van der Waals surface area contributed by atoms with Crippen LogP contribution >= 0.6 is 0 Å². The van der Waals surface area contributed by atoms with Crippen LogP contribution in [0.3, 0.4) is 0 Å². The summed E-state index contributed by atoms with van der Waals surface area (Å²) in [4.78, 5) is 11.6. The smallest absolute Gasteiger partial charge is 0.234 e. The second-order valence-electron chi connectivity index (χ2n) is 5.18. The van der Waals surface area contributed by atoms with Crippen molar-refractivity contribution in [1.82, 2.24) is 10.6 Å². The normalized spacial score (nSPS) is 25.1. The van der Waals surface area contributed by atoms with E-state index in [1.807, 2.05) is 0 Å². The third-order valence-electron chi connectivity index (χ3n) is 3.33. The molecule has 2 N–H and O–H groups in total. The number of hydrogen-bond acceptors (Lipinski definition) is 2. The number of carbonyl (C=O) groups is 1. The fraction of sp³-hybridized carbons (Fsp3) is 0.917. The van der Waals surface area contributed by atoms with E-state index in [9.17, 15) is 4.79 Å². The Morgan fingerprint density at radius 3 is 2.53 bits per heavy atom. The Morgan fingerprint density at radius 2 is 2.07 bits per heavy atom. The molecule has 3 nitrogen and oxygen atoms in total. The van der Waals surface area contributed by atoms with Gasteiger partial charge in [-0.25, -0.2) is 0 Å².